The normalized spacial score (nSPS) is 21.2. The average molecular weight is 382 g/mol. The standard InChI is InChI=1S/C20H26N6O2/c1-15(2)7-11-26-17-6-4-3-5-16(17)20(19(26)28)9-12-24(13-20)18(27)8-10-25-14-21-22-23-25/h3-6,14-15H,7-13H2,1-2H3. The van der Waals surface area contributed by atoms with Crippen LogP contribution in [0.1, 0.15) is 38.7 Å². The first-order chi connectivity index (χ1) is 13.5. The quantitative estimate of drug-likeness (QED) is 0.758. The molecule has 1 aromatic carbocycles. The van der Waals surface area contributed by atoms with E-state index in [0.29, 0.717) is 38.4 Å². The number of para-hydroxylation sites is 1. The third-order valence-corrected chi connectivity index (χ3v) is 5.86. The van der Waals surface area contributed by atoms with Crippen LogP contribution >= 0.6 is 0 Å². The Balaban J connectivity index is 1.51. The Bertz CT molecular complexity index is 865. The van der Waals surface area contributed by atoms with Crippen LogP contribution in [0.2, 0.25) is 0 Å². The highest BCUT2D eigenvalue weighted by molar-refractivity contribution is 6.09. The van der Waals surface area contributed by atoms with Crippen molar-refractivity contribution in [3.8, 4) is 0 Å². The second-order valence-electron chi connectivity index (χ2n) is 8.13. The van der Waals surface area contributed by atoms with Gasteiger partial charge < -0.3 is 9.80 Å². The lowest BCUT2D eigenvalue weighted by Gasteiger charge is -2.25. The lowest BCUT2D eigenvalue weighted by atomic mass is 9.81. The number of aromatic nitrogens is 4. The van der Waals surface area contributed by atoms with Gasteiger partial charge >= 0.3 is 0 Å². The molecular weight excluding hydrogens is 356 g/mol. The van der Waals surface area contributed by atoms with Crippen molar-refractivity contribution >= 4 is 17.5 Å². The van der Waals surface area contributed by atoms with E-state index < -0.39 is 5.41 Å². The summed E-state index contributed by atoms with van der Waals surface area (Å²) in [5.74, 6) is 0.716. The molecule has 1 fully saturated rings. The molecule has 148 valence electrons. The zero-order valence-corrected chi connectivity index (χ0v) is 16.4. The predicted octanol–water partition coefficient (Wildman–Crippen LogP) is 1.63. The monoisotopic (exact) mass is 382 g/mol. The van der Waals surface area contributed by atoms with Crippen LogP contribution in [-0.4, -0.2) is 56.6 Å². The highest BCUT2D eigenvalue weighted by atomic mass is 16.2. The van der Waals surface area contributed by atoms with Crippen molar-refractivity contribution in [1.29, 1.82) is 0 Å². The Kier molecular flexibility index (Phi) is 4.87. The molecule has 2 aliphatic heterocycles. The van der Waals surface area contributed by atoms with Crippen LogP contribution < -0.4 is 4.90 Å². The van der Waals surface area contributed by atoms with Crippen LogP contribution in [-0.2, 0) is 21.5 Å². The molecule has 28 heavy (non-hydrogen) atoms. The highest BCUT2D eigenvalue weighted by Gasteiger charge is 2.54. The molecule has 2 aliphatic rings. The summed E-state index contributed by atoms with van der Waals surface area (Å²) in [5, 5.41) is 11.0. The summed E-state index contributed by atoms with van der Waals surface area (Å²) in [4.78, 5) is 29.9. The molecule has 1 atom stereocenters. The molecule has 4 rings (SSSR count). The van der Waals surface area contributed by atoms with E-state index in [1.807, 2.05) is 28.0 Å². The summed E-state index contributed by atoms with van der Waals surface area (Å²) in [6, 6.07) is 8.06. The SMILES string of the molecule is CC(C)CCN1C(=O)C2(CCN(C(=O)CCn3cnnn3)C2)c2ccccc21. The van der Waals surface area contributed by atoms with Crippen LogP contribution in [0.25, 0.3) is 0 Å². The Morgan fingerprint density at radius 2 is 2.07 bits per heavy atom. The lowest BCUT2D eigenvalue weighted by Crippen LogP contribution is -2.43. The van der Waals surface area contributed by atoms with Crippen LogP contribution in [0.5, 0.6) is 0 Å². The van der Waals surface area contributed by atoms with Gasteiger partial charge in [0.1, 0.15) is 6.33 Å². The molecule has 0 aliphatic carbocycles. The van der Waals surface area contributed by atoms with E-state index >= 15 is 0 Å². The second-order valence-corrected chi connectivity index (χ2v) is 8.13. The lowest BCUT2D eigenvalue weighted by molar-refractivity contribution is -0.131. The topological polar surface area (TPSA) is 84.2 Å². The zero-order valence-electron chi connectivity index (χ0n) is 16.4. The highest BCUT2D eigenvalue weighted by Crippen LogP contribution is 2.47. The van der Waals surface area contributed by atoms with Gasteiger partial charge in [-0.15, -0.1) is 5.10 Å². The zero-order chi connectivity index (χ0) is 19.7. The molecule has 2 amide bonds. The van der Waals surface area contributed by atoms with Gasteiger partial charge in [-0.1, -0.05) is 32.0 Å². The number of tetrazole rings is 1. The van der Waals surface area contributed by atoms with E-state index in [4.69, 9.17) is 0 Å². The third kappa shape index (κ3) is 3.16. The number of anilines is 1. The van der Waals surface area contributed by atoms with Crippen LogP contribution in [0.4, 0.5) is 5.69 Å². The largest absolute Gasteiger partial charge is 0.341 e. The first-order valence-corrected chi connectivity index (χ1v) is 9.91. The number of aryl methyl sites for hydroxylation is 1. The van der Waals surface area contributed by atoms with Crippen LogP contribution in [0, 0.1) is 5.92 Å². The molecule has 8 nitrogen and oxygen atoms in total. The minimum Gasteiger partial charge on any atom is -0.341 e. The summed E-state index contributed by atoms with van der Waals surface area (Å²) < 4.78 is 1.55. The fraction of sp³-hybridized carbons (Fsp3) is 0.550. The van der Waals surface area contributed by atoms with Crippen molar-refractivity contribution < 1.29 is 9.59 Å². The van der Waals surface area contributed by atoms with Crippen LogP contribution in [0.3, 0.4) is 0 Å². The molecule has 1 aromatic heterocycles. The van der Waals surface area contributed by atoms with Crippen molar-refractivity contribution in [3.05, 3.63) is 36.2 Å². The van der Waals surface area contributed by atoms with Gasteiger partial charge in [-0.3, -0.25) is 9.59 Å². The summed E-state index contributed by atoms with van der Waals surface area (Å²) in [5.41, 5.74) is 1.48. The minimum absolute atomic E-state index is 0.0401. The summed E-state index contributed by atoms with van der Waals surface area (Å²) >= 11 is 0. The number of fused-ring (bicyclic) bond motifs is 2. The number of amides is 2. The van der Waals surface area contributed by atoms with Gasteiger partial charge in [0.25, 0.3) is 0 Å². The Morgan fingerprint density at radius 3 is 2.82 bits per heavy atom. The van der Waals surface area contributed by atoms with Gasteiger partial charge in [-0.25, -0.2) is 4.68 Å². The number of carbonyl (C=O) groups excluding carboxylic acids is 2. The number of carbonyl (C=O) groups is 2. The smallest absolute Gasteiger partial charge is 0.239 e. The first-order valence-electron chi connectivity index (χ1n) is 9.91. The molecule has 1 saturated heterocycles. The van der Waals surface area contributed by atoms with Crippen molar-refractivity contribution in [2.75, 3.05) is 24.5 Å². The summed E-state index contributed by atoms with van der Waals surface area (Å²) in [6.07, 6.45) is 3.47. The van der Waals surface area contributed by atoms with Crippen molar-refractivity contribution in [2.24, 2.45) is 5.92 Å². The number of benzene rings is 1. The molecular formula is C20H26N6O2. The van der Waals surface area contributed by atoms with E-state index in [0.717, 1.165) is 24.2 Å². The van der Waals surface area contributed by atoms with E-state index in [1.54, 1.807) is 4.68 Å². The molecule has 0 radical (unpaired) electrons. The molecule has 0 bridgehead atoms. The fourth-order valence-corrected chi connectivity index (χ4v) is 4.27. The molecule has 2 aromatic rings. The number of nitrogens with zero attached hydrogens (tertiary/aromatic N) is 6. The number of likely N-dealkylation sites (tertiary alicyclic amines) is 1. The van der Waals surface area contributed by atoms with Crippen LogP contribution in [0.15, 0.2) is 30.6 Å². The maximum absolute atomic E-state index is 13.5. The molecule has 0 N–H and O–H groups in total. The molecule has 0 saturated carbocycles. The maximum Gasteiger partial charge on any atom is 0.239 e. The number of hydrogen-bond donors (Lipinski definition) is 0. The van der Waals surface area contributed by atoms with Crippen molar-refractivity contribution in [2.45, 2.75) is 45.1 Å². The third-order valence-electron chi connectivity index (χ3n) is 5.86. The van der Waals surface area contributed by atoms with Gasteiger partial charge in [0.05, 0.1) is 12.0 Å². The van der Waals surface area contributed by atoms with Crippen molar-refractivity contribution in [3.63, 3.8) is 0 Å². The Hall–Kier alpha value is -2.77. The molecule has 1 spiro atoms. The fourth-order valence-electron chi connectivity index (χ4n) is 4.27. The van der Waals surface area contributed by atoms with Gasteiger partial charge in [-0.05, 0) is 40.8 Å². The average Bonchev–Trinajstić information content (AvgIpc) is 3.40. The molecule has 3 heterocycles. The number of hydrogen-bond acceptors (Lipinski definition) is 5. The van der Waals surface area contributed by atoms with Gasteiger partial charge in [0.15, 0.2) is 0 Å². The van der Waals surface area contributed by atoms with E-state index in [2.05, 4.69) is 35.4 Å². The van der Waals surface area contributed by atoms with Crippen molar-refractivity contribution in [1.82, 2.24) is 25.1 Å². The summed E-state index contributed by atoms with van der Waals surface area (Å²) in [6.45, 7) is 6.57. The predicted molar refractivity (Wildman–Crippen MR) is 104 cm³/mol. The second kappa shape index (κ2) is 7.33. The van der Waals surface area contributed by atoms with Gasteiger partial charge in [0.2, 0.25) is 11.8 Å². The van der Waals surface area contributed by atoms with E-state index in [1.165, 1.54) is 6.33 Å². The Labute approximate surface area is 164 Å². The minimum atomic E-state index is -0.599. The first kappa shape index (κ1) is 18.6. The Morgan fingerprint density at radius 1 is 1.25 bits per heavy atom. The molecule has 8 heteroatoms. The number of rotatable bonds is 6. The summed E-state index contributed by atoms with van der Waals surface area (Å²) in [7, 11) is 0. The van der Waals surface area contributed by atoms with Gasteiger partial charge in [0, 0.05) is 31.7 Å². The van der Waals surface area contributed by atoms with E-state index in [-0.39, 0.29) is 11.8 Å². The maximum atomic E-state index is 13.5. The molecule has 1 unspecified atom stereocenters. The van der Waals surface area contributed by atoms with E-state index in [9.17, 15) is 9.59 Å². The van der Waals surface area contributed by atoms with Gasteiger partial charge in [-0.2, -0.15) is 0 Å².